The van der Waals surface area contributed by atoms with Crippen LogP contribution in [0.25, 0.3) is 11.3 Å². The highest BCUT2D eigenvalue weighted by atomic mass is 16.5. The van der Waals surface area contributed by atoms with Crippen molar-refractivity contribution in [3.05, 3.63) is 59.8 Å². The zero-order valence-electron chi connectivity index (χ0n) is 16.7. The van der Waals surface area contributed by atoms with E-state index < -0.39 is 0 Å². The highest BCUT2D eigenvalue weighted by Gasteiger charge is 2.13. The first-order valence-corrected chi connectivity index (χ1v) is 9.42. The van der Waals surface area contributed by atoms with Crippen molar-refractivity contribution in [2.24, 2.45) is 0 Å². The van der Waals surface area contributed by atoms with Crippen LogP contribution in [0.4, 0.5) is 0 Å². The molecule has 1 N–H and O–H groups in total. The third kappa shape index (κ3) is 5.07. The lowest BCUT2D eigenvalue weighted by Gasteiger charge is -2.12. The predicted molar refractivity (Wildman–Crippen MR) is 108 cm³/mol. The van der Waals surface area contributed by atoms with Gasteiger partial charge in [-0.3, -0.25) is 4.79 Å². The molecular formula is C22H24N2O5. The molecule has 7 heteroatoms. The number of amides is 1. The molecule has 2 aromatic carbocycles. The number of carbonyl (C=O) groups is 1. The van der Waals surface area contributed by atoms with Gasteiger partial charge in [0.25, 0.3) is 5.91 Å². The molecule has 0 bridgehead atoms. The summed E-state index contributed by atoms with van der Waals surface area (Å²) < 4.78 is 21.6. The second-order valence-corrected chi connectivity index (χ2v) is 6.12. The van der Waals surface area contributed by atoms with E-state index in [4.69, 9.17) is 18.7 Å². The number of nitrogens with one attached hydrogen (secondary N) is 1. The van der Waals surface area contributed by atoms with Crippen molar-refractivity contribution in [2.45, 2.75) is 20.4 Å². The lowest BCUT2D eigenvalue weighted by Crippen LogP contribution is -2.23. The minimum atomic E-state index is -0.233. The Balaban J connectivity index is 1.64. The molecule has 7 nitrogen and oxygen atoms in total. The van der Waals surface area contributed by atoms with Gasteiger partial charge >= 0.3 is 0 Å². The first-order valence-electron chi connectivity index (χ1n) is 9.42. The number of rotatable bonds is 9. The van der Waals surface area contributed by atoms with Crippen LogP contribution in [-0.2, 0) is 6.54 Å². The summed E-state index contributed by atoms with van der Waals surface area (Å²) in [5, 5.41) is 6.86. The maximum atomic E-state index is 12.5. The fourth-order valence-corrected chi connectivity index (χ4v) is 2.75. The summed E-state index contributed by atoms with van der Waals surface area (Å²) in [4.78, 5) is 12.5. The minimum Gasteiger partial charge on any atom is -0.497 e. The van der Waals surface area contributed by atoms with Gasteiger partial charge in [-0.25, -0.2) is 0 Å². The number of carbonyl (C=O) groups excluding carboxylic acids is 1. The molecule has 0 saturated carbocycles. The van der Waals surface area contributed by atoms with Gasteiger partial charge in [0.15, 0.2) is 17.3 Å². The van der Waals surface area contributed by atoms with E-state index in [1.54, 1.807) is 31.4 Å². The molecule has 0 spiro atoms. The highest BCUT2D eigenvalue weighted by molar-refractivity contribution is 5.94. The zero-order chi connectivity index (χ0) is 20.6. The summed E-state index contributed by atoms with van der Waals surface area (Å²) in [6.07, 6.45) is 0. The summed E-state index contributed by atoms with van der Waals surface area (Å²) in [6.45, 7) is 5.03. The lowest BCUT2D eigenvalue weighted by atomic mass is 10.1. The van der Waals surface area contributed by atoms with Gasteiger partial charge in [-0.2, -0.15) is 0 Å². The van der Waals surface area contributed by atoms with E-state index in [0.29, 0.717) is 41.7 Å². The van der Waals surface area contributed by atoms with Crippen LogP contribution in [0, 0.1) is 0 Å². The topological polar surface area (TPSA) is 82.8 Å². The van der Waals surface area contributed by atoms with Crippen LogP contribution in [-0.4, -0.2) is 31.4 Å². The Bertz CT molecular complexity index is 950. The second-order valence-electron chi connectivity index (χ2n) is 6.12. The van der Waals surface area contributed by atoms with Gasteiger partial charge in [0.1, 0.15) is 11.4 Å². The first-order chi connectivity index (χ1) is 14.1. The van der Waals surface area contributed by atoms with Crippen molar-refractivity contribution in [1.29, 1.82) is 0 Å². The molecule has 0 aliphatic rings. The van der Waals surface area contributed by atoms with E-state index >= 15 is 0 Å². The Morgan fingerprint density at radius 3 is 2.41 bits per heavy atom. The summed E-state index contributed by atoms with van der Waals surface area (Å²) >= 11 is 0. The van der Waals surface area contributed by atoms with E-state index in [0.717, 1.165) is 11.3 Å². The number of methoxy groups -OCH3 is 1. The first kappa shape index (κ1) is 20.3. The van der Waals surface area contributed by atoms with Crippen LogP contribution >= 0.6 is 0 Å². The van der Waals surface area contributed by atoms with Crippen molar-refractivity contribution in [1.82, 2.24) is 10.5 Å². The van der Waals surface area contributed by atoms with Crippen LogP contribution in [0.3, 0.4) is 0 Å². The number of aromatic nitrogens is 1. The van der Waals surface area contributed by atoms with Crippen LogP contribution in [0.2, 0.25) is 0 Å². The molecule has 0 fully saturated rings. The van der Waals surface area contributed by atoms with Gasteiger partial charge < -0.3 is 24.1 Å². The second kappa shape index (κ2) is 9.64. The Morgan fingerprint density at radius 2 is 1.72 bits per heavy atom. The van der Waals surface area contributed by atoms with Gasteiger partial charge in [0.05, 0.1) is 26.9 Å². The molecule has 0 radical (unpaired) electrons. The van der Waals surface area contributed by atoms with Crippen LogP contribution < -0.4 is 19.5 Å². The Morgan fingerprint density at radius 1 is 1.00 bits per heavy atom. The van der Waals surface area contributed by atoms with E-state index in [-0.39, 0.29) is 12.5 Å². The summed E-state index contributed by atoms with van der Waals surface area (Å²) in [7, 11) is 1.62. The van der Waals surface area contributed by atoms with E-state index in [2.05, 4.69) is 10.5 Å². The molecular weight excluding hydrogens is 372 g/mol. The number of hydrogen-bond donors (Lipinski definition) is 1. The third-order valence-electron chi connectivity index (χ3n) is 4.17. The van der Waals surface area contributed by atoms with Gasteiger partial charge in [-0.15, -0.1) is 0 Å². The average molecular weight is 396 g/mol. The Kier molecular flexibility index (Phi) is 6.73. The monoisotopic (exact) mass is 396 g/mol. The highest BCUT2D eigenvalue weighted by Crippen LogP contribution is 2.28. The largest absolute Gasteiger partial charge is 0.497 e. The van der Waals surface area contributed by atoms with Crippen LogP contribution in [0.15, 0.2) is 53.1 Å². The molecule has 29 heavy (non-hydrogen) atoms. The lowest BCUT2D eigenvalue weighted by molar-refractivity contribution is 0.0949. The number of nitrogens with zero attached hydrogens (tertiary/aromatic N) is 1. The zero-order valence-corrected chi connectivity index (χ0v) is 16.7. The van der Waals surface area contributed by atoms with E-state index in [1.807, 2.05) is 38.1 Å². The standard InChI is InChI=1S/C22H24N2O5/c1-4-27-19-11-8-16(12-21(19)28-5-2)22(25)23-14-17-13-20(29-24-17)15-6-9-18(26-3)10-7-15/h6-13H,4-5,14H2,1-3H3,(H,23,25). The smallest absolute Gasteiger partial charge is 0.251 e. The fourth-order valence-electron chi connectivity index (χ4n) is 2.75. The summed E-state index contributed by atoms with van der Waals surface area (Å²) in [5.74, 6) is 2.32. The summed E-state index contributed by atoms with van der Waals surface area (Å²) in [6, 6.07) is 14.4. The van der Waals surface area contributed by atoms with Gasteiger partial charge in [0.2, 0.25) is 0 Å². The van der Waals surface area contributed by atoms with Gasteiger partial charge in [0, 0.05) is 17.2 Å². The molecule has 1 aromatic heterocycles. The van der Waals surface area contributed by atoms with Crippen LogP contribution in [0.5, 0.6) is 17.2 Å². The quantitative estimate of drug-likeness (QED) is 0.587. The molecule has 0 unspecified atom stereocenters. The molecule has 3 rings (SSSR count). The fraction of sp³-hybridized carbons (Fsp3) is 0.273. The molecule has 0 atom stereocenters. The maximum Gasteiger partial charge on any atom is 0.251 e. The average Bonchev–Trinajstić information content (AvgIpc) is 3.22. The van der Waals surface area contributed by atoms with Crippen molar-refractivity contribution in [3.8, 4) is 28.6 Å². The normalized spacial score (nSPS) is 10.4. The molecule has 0 aliphatic carbocycles. The summed E-state index contributed by atoms with van der Waals surface area (Å²) in [5.41, 5.74) is 1.99. The van der Waals surface area contributed by atoms with Crippen LogP contribution in [0.1, 0.15) is 29.9 Å². The molecule has 1 amide bonds. The number of hydrogen-bond acceptors (Lipinski definition) is 6. The van der Waals surface area contributed by atoms with Gasteiger partial charge in [-0.05, 0) is 56.3 Å². The van der Waals surface area contributed by atoms with E-state index in [9.17, 15) is 4.79 Å². The maximum absolute atomic E-state index is 12.5. The van der Waals surface area contributed by atoms with Crippen molar-refractivity contribution < 1.29 is 23.5 Å². The molecule has 152 valence electrons. The number of benzene rings is 2. The molecule has 0 aliphatic heterocycles. The Labute approximate surface area is 169 Å². The molecule has 0 saturated heterocycles. The van der Waals surface area contributed by atoms with Crippen molar-refractivity contribution in [2.75, 3.05) is 20.3 Å². The molecule has 1 heterocycles. The molecule has 3 aromatic rings. The van der Waals surface area contributed by atoms with Crippen molar-refractivity contribution >= 4 is 5.91 Å². The Hall–Kier alpha value is -3.48. The third-order valence-corrected chi connectivity index (χ3v) is 4.17. The minimum absolute atomic E-state index is 0.233. The van der Waals surface area contributed by atoms with Gasteiger partial charge in [-0.1, -0.05) is 5.16 Å². The number of ether oxygens (including phenoxy) is 3. The van der Waals surface area contributed by atoms with E-state index in [1.165, 1.54) is 0 Å². The SMILES string of the molecule is CCOc1ccc(C(=O)NCc2cc(-c3ccc(OC)cc3)on2)cc1OCC. The van der Waals surface area contributed by atoms with Crippen molar-refractivity contribution in [3.63, 3.8) is 0 Å². The predicted octanol–water partition coefficient (Wildman–Crippen LogP) is 4.08.